The highest BCUT2D eigenvalue weighted by Gasteiger charge is 2.11. The molecule has 0 amide bonds. The van der Waals surface area contributed by atoms with Crippen molar-refractivity contribution in [3.05, 3.63) is 40.7 Å². The molecule has 0 spiro atoms. The van der Waals surface area contributed by atoms with Gasteiger partial charge < -0.3 is 0 Å². The molecule has 18 heavy (non-hydrogen) atoms. The molecule has 3 heterocycles. The van der Waals surface area contributed by atoms with Crippen LogP contribution in [-0.4, -0.2) is 16.2 Å². The van der Waals surface area contributed by atoms with Gasteiger partial charge in [-0.1, -0.05) is 12.2 Å². The minimum Gasteiger partial charge on any atom is -0.257 e. The Kier molecular flexibility index (Phi) is 2.80. The minimum absolute atomic E-state index is 0.713. The summed E-state index contributed by atoms with van der Waals surface area (Å²) in [5, 5.41) is 3.30. The van der Waals surface area contributed by atoms with Gasteiger partial charge in [0.2, 0.25) is 0 Å². The zero-order chi connectivity index (χ0) is 12.5. The van der Waals surface area contributed by atoms with Crippen LogP contribution in [-0.2, 0) is 0 Å². The molecule has 0 aromatic carbocycles. The van der Waals surface area contributed by atoms with Crippen LogP contribution in [0.1, 0.15) is 23.5 Å². The Labute approximate surface area is 110 Å². The molecule has 0 saturated heterocycles. The van der Waals surface area contributed by atoms with Gasteiger partial charge in [0.05, 0.1) is 5.69 Å². The van der Waals surface area contributed by atoms with Gasteiger partial charge in [-0.25, -0.2) is 9.97 Å². The van der Waals surface area contributed by atoms with Crippen LogP contribution in [0.2, 0.25) is 0 Å². The normalized spacial score (nSPS) is 14.9. The third kappa shape index (κ3) is 1.88. The third-order valence-corrected chi connectivity index (χ3v) is 3.88. The lowest BCUT2D eigenvalue weighted by molar-refractivity contribution is 1.10. The quantitative estimate of drug-likeness (QED) is 0.779. The van der Waals surface area contributed by atoms with Crippen molar-refractivity contribution in [1.29, 1.82) is 0 Å². The Morgan fingerprint density at radius 3 is 3.00 bits per heavy atom. The number of aromatic nitrogens is 2. The smallest absolute Gasteiger partial charge is 0.179 e. The SMILES string of the molecule is Cc1csc2nc(C3=CC=CCC=N3)nc(C)c12. The summed E-state index contributed by atoms with van der Waals surface area (Å²) >= 11 is 1.66. The Bertz CT molecular complexity index is 692. The summed E-state index contributed by atoms with van der Waals surface area (Å²) in [5.74, 6) is 0.713. The van der Waals surface area contributed by atoms with Crippen LogP contribution in [0.3, 0.4) is 0 Å². The van der Waals surface area contributed by atoms with Crippen LogP contribution in [0.25, 0.3) is 15.9 Å². The van der Waals surface area contributed by atoms with Gasteiger partial charge in [-0.3, -0.25) is 4.99 Å². The van der Waals surface area contributed by atoms with Crippen molar-refractivity contribution in [2.45, 2.75) is 20.3 Å². The van der Waals surface area contributed by atoms with Gasteiger partial charge in [0, 0.05) is 18.0 Å². The molecule has 4 heteroatoms. The molecule has 2 aromatic rings. The summed E-state index contributed by atoms with van der Waals surface area (Å²) in [6, 6.07) is 0. The molecule has 0 saturated carbocycles. The highest BCUT2D eigenvalue weighted by Crippen LogP contribution is 2.27. The fourth-order valence-corrected chi connectivity index (χ4v) is 3.00. The topological polar surface area (TPSA) is 38.1 Å². The van der Waals surface area contributed by atoms with E-state index in [0.29, 0.717) is 5.82 Å². The van der Waals surface area contributed by atoms with Crippen molar-refractivity contribution in [2.24, 2.45) is 4.99 Å². The lowest BCUT2D eigenvalue weighted by Crippen LogP contribution is -1.96. The zero-order valence-corrected chi connectivity index (χ0v) is 11.2. The molecule has 3 nitrogen and oxygen atoms in total. The van der Waals surface area contributed by atoms with E-state index in [0.717, 1.165) is 22.6 Å². The maximum atomic E-state index is 4.61. The molecule has 2 aromatic heterocycles. The van der Waals surface area contributed by atoms with E-state index >= 15 is 0 Å². The predicted octanol–water partition coefficient (Wildman–Crippen LogP) is 3.68. The van der Waals surface area contributed by atoms with E-state index in [9.17, 15) is 0 Å². The minimum atomic E-state index is 0.713. The van der Waals surface area contributed by atoms with Gasteiger partial charge in [-0.15, -0.1) is 11.3 Å². The summed E-state index contributed by atoms with van der Waals surface area (Å²) in [5.41, 5.74) is 3.11. The average molecular weight is 255 g/mol. The van der Waals surface area contributed by atoms with Gasteiger partial charge in [-0.2, -0.15) is 0 Å². The lowest BCUT2D eigenvalue weighted by Gasteiger charge is -2.03. The maximum absolute atomic E-state index is 4.61. The summed E-state index contributed by atoms with van der Waals surface area (Å²) in [6.07, 6.45) is 8.78. The molecule has 3 rings (SSSR count). The summed E-state index contributed by atoms with van der Waals surface area (Å²) in [4.78, 5) is 14.6. The highest BCUT2D eigenvalue weighted by molar-refractivity contribution is 7.16. The van der Waals surface area contributed by atoms with E-state index in [2.05, 4.69) is 33.3 Å². The molecule has 0 atom stereocenters. The number of aliphatic imine (C=N–C) groups is 1. The largest absolute Gasteiger partial charge is 0.257 e. The van der Waals surface area contributed by atoms with E-state index in [4.69, 9.17) is 0 Å². The molecule has 0 fully saturated rings. The second kappa shape index (κ2) is 4.46. The van der Waals surface area contributed by atoms with E-state index in [1.54, 1.807) is 11.3 Å². The zero-order valence-electron chi connectivity index (χ0n) is 10.3. The number of nitrogens with zero attached hydrogens (tertiary/aromatic N) is 3. The predicted molar refractivity (Wildman–Crippen MR) is 77.1 cm³/mol. The number of hydrogen-bond donors (Lipinski definition) is 0. The molecular weight excluding hydrogens is 242 g/mol. The first-order valence-electron chi connectivity index (χ1n) is 5.88. The van der Waals surface area contributed by atoms with Crippen LogP contribution in [0.5, 0.6) is 0 Å². The summed E-state index contributed by atoms with van der Waals surface area (Å²) in [6.45, 7) is 4.13. The molecule has 0 bridgehead atoms. The van der Waals surface area contributed by atoms with Crippen molar-refractivity contribution in [1.82, 2.24) is 9.97 Å². The van der Waals surface area contributed by atoms with Crippen LogP contribution in [0.15, 0.2) is 28.6 Å². The Morgan fingerprint density at radius 2 is 2.11 bits per heavy atom. The molecule has 1 aliphatic heterocycles. The molecule has 0 N–H and O–H groups in total. The number of hydrogen-bond acceptors (Lipinski definition) is 4. The van der Waals surface area contributed by atoms with Crippen molar-refractivity contribution >= 4 is 33.5 Å². The number of allylic oxidation sites excluding steroid dienone is 3. The standard InChI is InChI=1S/C14H13N3S/c1-9-8-18-14-12(9)10(2)16-13(17-14)11-6-4-3-5-7-15-11/h3-4,6-8H,5H2,1-2H3. The van der Waals surface area contributed by atoms with Crippen LogP contribution in [0, 0.1) is 13.8 Å². The van der Waals surface area contributed by atoms with Gasteiger partial charge in [0.25, 0.3) is 0 Å². The van der Waals surface area contributed by atoms with Crippen molar-refractivity contribution in [3.63, 3.8) is 0 Å². The van der Waals surface area contributed by atoms with E-state index in [-0.39, 0.29) is 0 Å². The fraction of sp³-hybridized carbons (Fsp3) is 0.214. The molecule has 0 unspecified atom stereocenters. The van der Waals surface area contributed by atoms with E-state index in [1.807, 2.05) is 25.3 Å². The maximum Gasteiger partial charge on any atom is 0.179 e. The molecule has 0 radical (unpaired) electrons. The first-order chi connectivity index (χ1) is 8.75. The summed E-state index contributed by atoms with van der Waals surface area (Å²) in [7, 11) is 0. The average Bonchev–Trinajstić information content (AvgIpc) is 2.60. The molecule has 90 valence electrons. The monoisotopic (exact) mass is 255 g/mol. The van der Waals surface area contributed by atoms with Crippen LogP contribution >= 0.6 is 11.3 Å². The van der Waals surface area contributed by atoms with Crippen LogP contribution < -0.4 is 0 Å². The number of thiophene rings is 1. The van der Waals surface area contributed by atoms with E-state index < -0.39 is 0 Å². The van der Waals surface area contributed by atoms with Gasteiger partial charge in [0.15, 0.2) is 5.82 Å². The van der Waals surface area contributed by atoms with Crippen molar-refractivity contribution in [3.8, 4) is 0 Å². The van der Waals surface area contributed by atoms with Crippen LogP contribution in [0.4, 0.5) is 0 Å². The first kappa shape index (κ1) is 11.3. The summed E-state index contributed by atoms with van der Waals surface area (Å²) < 4.78 is 0. The van der Waals surface area contributed by atoms with Gasteiger partial charge in [-0.05, 0) is 30.9 Å². The Balaban J connectivity index is 2.19. The second-order valence-electron chi connectivity index (χ2n) is 4.26. The van der Waals surface area contributed by atoms with Crippen molar-refractivity contribution < 1.29 is 0 Å². The number of aryl methyl sites for hydroxylation is 2. The third-order valence-electron chi connectivity index (χ3n) is 2.89. The fourth-order valence-electron chi connectivity index (χ4n) is 2.03. The van der Waals surface area contributed by atoms with Crippen molar-refractivity contribution in [2.75, 3.05) is 0 Å². The number of fused-ring (bicyclic) bond motifs is 1. The van der Waals surface area contributed by atoms with Gasteiger partial charge >= 0.3 is 0 Å². The molecular formula is C14H13N3S. The lowest BCUT2D eigenvalue weighted by atomic mass is 10.2. The number of rotatable bonds is 1. The van der Waals surface area contributed by atoms with Gasteiger partial charge in [0.1, 0.15) is 10.5 Å². The highest BCUT2D eigenvalue weighted by atomic mass is 32.1. The second-order valence-corrected chi connectivity index (χ2v) is 5.12. The molecule has 0 aliphatic carbocycles. The molecule has 1 aliphatic rings. The Hall–Kier alpha value is -1.81. The Morgan fingerprint density at radius 1 is 1.22 bits per heavy atom. The van der Waals surface area contributed by atoms with E-state index in [1.165, 1.54) is 10.9 Å². The first-order valence-corrected chi connectivity index (χ1v) is 6.76.